The van der Waals surface area contributed by atoms with Gasteiger partial charge in [0.25, 0.3) is 5.91 Å². The largest absolute Gasteiger partial charge is 0.872 e. The van der Waals surface area contributed by atoms with E-state index in [-0.39, 0.29) is 5.57 Å². The summed E-state index contributed by atoms with van der Waals surface area (Å²) in [5.41, 5.74) is 0.979. The summed E-state index contributed by atoms with van der Waals surface area (Å²) in [7, 11) is 0. The predicted molar refractivity (Wildman–Crippen MR) is 120 cm³/mol. The SMILES string of the molecule is O=C1C(=O)N(CCC[NH+]2CCOCC2)C(c2ccc(Cl)cc2)/C1=C(\[O-])c1ccc(Cl)cc1. The van der Waals surface area contributed by atoms with Gasteiger partial charge in [-0.25, -0.2) is 0 Å². The van der Waals surface area contributed by atoms with E-state index in [0.29, 0.717) is 27.7 Å². The van der Waals surface area contributed by atoms with Gasteiger partial charge in [0, 0.05) is 28.6 Å². The number of carbonyl (C=O) groups is 2. The molecular weight excluding hydrogens is 451 g/mol. The molecule has 1 N–H and O–H groups in total. The Bertz CT molecular complexity index is 1020. The number of likely N-dealkylation sites (tertiary alicyclic amines) is 1. The van der Waals surface area contributed by atoms with Crippen molar-refractivity contribution in [1.29, 1.82) is 0 Å². The molecule has 0 radical (unpaired) electrons. The second-order valence-corrected chi connectivity index (χ2v) is 8.87. The number of benzene rings is 2. The number of rotatable bonds is 6. The number of carbonyl (C=O) groups excluding carboxylic acids is 2. The predicted octanol–water partition coefficient (Wildman–Crippen LogP) is 1.52. The van der Waals surface area contributed by atoms with Crippen LogP contribution in [0.5, 0.6) is 0 Å². The van der Waals surface area contributed by atoms with Gasteiger partial charge in [-0.05, 0) is 35.4 Å². The molecule has 2 saturated heterocycles. The standard InChI is InChI=1S/C24H24Cl2N2O4/c25-18-6-2-16(3-7-18)21-20(22(29)17-4-8-19(26)9-5-17)23(30)24(31)28(21)11-1-10-27-12-14-32-15-13-27/h2-9,21,29H,1,10-15H2/b22-20+. The first-order valence-electron chi connectivity index (χ1n) is 10.6. The van der Waals surface area contributed by atoms with Crippen LogP contribution in [0.1, 0.15) is 23.6 Å². The van der Waals surface area contributed by atoms with Crippen LogP contribution in [0.3, 0.4) is 0 Å². The Morgan fingerprint density at radius 1 is 1.00 bits per heavy atom. The number of amides is 1. The van der Waals surface area contributed by atoms with Gasteiger partial charge in [0.05, 0.1) is 25.8 Å². The number of Topliss-reactive ketones (excluding diaryl/α,β-unsaturated/α-hetero) is 1. The lowest BCUT2D eigenvalue weighted by atomic mass is 9.95. The molecule has 2 aromatic rings. The molecule has 32 heavy (non-hydrogen) atoms. The van der Waals surface area contributed by atoms with Gasteiger partial charge >= 0.3 is 0 Å². The Labute approximate surface area is 197 Å². The van der Waals surface area contributed by atoms with E-state index in [0.717, 1.165) is 39.3 Å². The molecule has 168 valence electrons. The summed E-state index contributed by atoms with van der Waals surface area (Å²) >= 11 is 12.0. The third-order valence-electron chi connectivity index (χ3n) is 5.95. The van der Waals surface area contributed by atoms with Crippen molar-refractivity contribution in [2.24, 2.45) is 0 Å². The van der Waals surface area contributed by atoms with Crippen molar-refractivity contribution >= 4 is 40.7 Å². The number of nitrogens with one attached hydrogen (secondary N) is 1. The fraction of sp³-hybridized carbons (Fsp3) is 0.333. The van der Waals surface area contributed by atoms with Gasteiger partial charge in [-0.15, -0.1) is 0 Å². The monoisotopic (exact) mass is 474 g/mol. The first-order valence-corrected chi connectivity index (χ1v) is 11.4. The first kappa shape index (κ1) is 22.8. The van der Waals surface area contributed by atoms with Crippen molar-refractivity contribution in [2.45, 2.75) is 12.5 Å². The van der Waals surface area contributed by atoms with Crippen LogP contribution in [0.15, 0.2) is 54.1 Å². The first-order chi connectivity index (χ1) is 15.5. The topological polar surface area (TPSA) is 74.1 Å². The minimum atomic E-state index is -0.747. The summed E-state index contributed by atoms with van der Waals surface area (Å²) in [6.07, 6.45) is 0.723. The number of quaternary nitrogens is 1. The Hall–Kier alpha value is -2.38. The van der Waals surface area contributed by atoms with Gasteiger partial charge in [0.2, 0.25) is 5.78 Å². The highest BCUT2D eigenvalue weighted by molar-refractivity contribution is 6.46. The molecule has 2 aromatic carbocycles. The average Bonchev–Trinajstić information content (AvgIpc) is 3.05. The van der Waals surface area contributed by atoms with Crippen LogP contribution in [-0.4, -0.2) is 56.0 Å². The van der Waals surface area contributed by atoms with Crippen LogP contribution >= 0.6 is 23.2 Å². The molecule has 4 rings (SSSR count). The van der Waals surface area contributed by atoms with Crippen LogP contribution < -0.4 is 10.0 Å². The highest BCUT2D eigenvalue weighted by Gasteiger charge is 2.44. The fourth-order valence-corrected chi connectivity index (χ4v) is 4.51. The van der Waals surface area contributed by atoms with Crippen molar-refractivity contribution in [1.82, 2.24) is 4.90 Å². The highest BCUT2D eigenvalue weighted by atomic mass is 35.5. The molecule has 2 fully saturated rings. The van der Waals surface area contributed by atoms with E-state index >= 15 is 0 Å². The molecule has 0 bridgehead atoms. The van der Waals surface area contributed by atoms with E-state index in [1.807, 2.05) is 0 Å². The third kappa shape index (κ3) is 4.84. The minimum Gasteiger partial charge on any atom is -0.872 e. The number of morpholine rings is 1. The molecule has 0 spiro atoms. The number of hydrogen-bond donors (Lipinski definition) is 1. The molecule has 1 unspecified atom stereocenters. The maximum absolute atomic E-state index is 13.3. The van der Waals surface area contributed by atoms with Crippen molar-refractivity contribution in [2.75, 3.05) is 39.4 Å². The van der Waals surface area contributed by atoms with E-state index in [4.69, 9.17) is 27.9 Å². The van der Waals surface area contributed by atoms with Gasteiger partial charge in [-0.1, -0.05) is 53.2 Å². The number of ether oxygens (including phenoxy) is 1. The van der Waals surface area contributed by atoms with E-state index in [1.165, 1.54) is 9.80 Å². The summed E-state index contributed by atoms with van der Waals surface area (Å²) in [6.45, 7) is 4.59. The summed E-state index contributed by atoms with van der Waals surface area (Å²) in [5.74, 6) is -1.84. The van der Waals surface area contributed by atoms with Crippen molar-refractivity contribution in [3.8, 4) is 0 Å². The van der Waals surface area contributed by atoms with E-state index in [1.54, 1.807) is 48.5 Å². The molecule has 1 atom stereocenters. The molecule has 2 heterocycles. The fourth-order valence-electron chi connectivity index (χ4n) is 4.26. The number of nitrogens with zero attached hydrogens (tertiary/aromatic N) is 1. The lowest BCUT2D eigenvalue weighted by Gasteiger charge is -2.29. The zero-order valence-electron chi connectivity index (χ0n) is 17.5. The summed E-state index contributed by atoms with van der Waals surface area (Å²) in [4.78, 5) is 28.9. The van der Waals surface area contributed by atoms with Crippen molar-refractivity contribution < 1.29 is 24.3 Å². The highest BCUT2D eigenvalue weighted by Crippen LogP contribution is 2.39. The lowest BCUT2D eigenvalue weighted by Crippen LogP contribution is -3.14. The molecular formula is C24H24Cl2N2O4. The number of halogens is 2. The molecule has 1 amide bonds. The molecule has 0 aromatic heterocycles. The Kier molecular flexibility index (Phi) is 7.16. The second-order valence-electron chi connectivity index (χ2n) is 8.00. The Balaban J connectivity index is 1.66. The molecule has 0 aliphatic carbocycles. The Morgan fingerprint density at radius 3 is 2.22 bits per heavy atom. The molecule has 0 saturated carbocycles. The zero-order valence-corrected chi connectivity index (χ0v) is 19.0. The van der Waals surface area contributed by atoms with Crippen LogP contribution in [0, 0.1) is 0 Å². The van der Waals surface area contributed by atoms with Gasteiger partial charge in [0.15, 0.2) is 0 Å². The van der Waals surface area contributed by atoms with E-state index < -0.39 is 23.5 Å². The molecule has 6 nitrogen and oxygen atoms in total. The van der Waals surface area contributed by atoms with Crippen LogP contribution in [0.2, 0.25) is 10.0 Å². The van der Waals surface area contributed by atoms with Crippen molar-refractivity contribution in [3.05, 3.63) is 75.3 Å². The minimum absolute atomic E-state index is 0.0293. The second kappa shape index (κ2) is 10.0. The molecule has 2 aliphatic heterocycles. The van der Waals surface area contributed by atoms with Gasteiger partial charge < -0.3 is 19.6 Å². The van der Waals surface area contributed by atoms with E-state index in [9.17, 15) is 14.7 Å². The van der Waals surface area contributed by atoms with E-state index in [2.05, 4.69) is 0 Å². The average molecular weight is 475 g/mol. The normalized spacial score (nSPS) is 21.3. The number of hydrogen-bond acceptors (Lipinski definition) is 4. The van der Waals surface area contributed by atoms with Crippen molar-refractivity contribution in [3.63, 3.8) is 0 Å². The van der Waals surface area contributed by atoms with Crippen LogP contribution in [0.4, 0.5) is 0 Å². The van der Waals surface area contributed by atoms with Crippen LogP contribution in [0.25, 0.3) is 5.76 Å². The lowest BCUT2D eigenvalue weighted by molar-refractivity contribution is -0.908. The summed E-state index contributed by atoms with van der Waals surface area (Å²) < 4.78 is 5.40. The maximum Gasteiger partial charge on any atom is 0.295 e. The van der Waals surface area contributed by atoms with Gasteiger partial charge in [-0.2, -0.15) is 0 Å². The Morgan fingerprint density at radius 2 is 1.59 bits per heavy atom. The maximum atomic E-state index is 13.3. The third-order valence-corrected chi connectivity index (χ3v) is 6.45. The molecule has 2 aliphatic rings. The zero-order chi connectivity index (χ0) is 22.7. The summed E-state index contributed by atoms with van der Waals surface area (Å²) in [5, 5.41) is 14.3. The van der Waals surface area contributed by atoms with Gasteiger partial charge in [0.1, 0.15) is 13.1 Å². The number of ketones is 1. The summed E-state index contributed by atoms with van der Waals surface area (Å²) in [6, 6.07) is 12.5. The van der Waals surface area contributed by atoms with Gasteiger partial charge in [-0.3, -0.25) is 9.59 Å². The quantitative estimate of drug-likeness (QED) is 0.391. The van der Waals surface area contributed by atoms with Crippen LogP contribution in [-0.2, 0) is 14.3 Å². The smallest absolute Gasteiger partial charge is 0.295 e. The molecule has 8 heteroatoms.